The van der Waals surface area contributed by atoms with Gasteiger partial charge in [-0.05, 0) is 80.5 Å². The van der Waals surface area contributed by atoms with Crippen molar-refractivity contribution in [3.05, 3.63) is 72.9 Å². The molecule has 0 atom stereocenters. The van der Waals surface area contributed by atoms with Crippen LogP contribution < -0.4 is 10.1 Å². The molecular weight excluding hydrogens is 583 g/mol. The highest BCUT2D eigenvalue weighted by Crippen LogP contribution is 2.35. The van der Waals surface area contributed by atoms with Crippen LogP contribution >= 0.6 is 0 Å². The normalized spacial score (nSPS) is 13.9. The molecule has 5 heterocycles. The van der Waals surface area contributed by atoms with E-state index in [0.29, 0.717) is 46.2 Å². The summed E-state index contributed by atoms with van der Waals surface area (Å²) in [5.74, 6) is 0.202. The number of carbonyl (C=O) groups excluding carboxylic acids is 1. The lowest BCUT2D eigenvalue weighted by atomic mass is 9.88. The first kappa shape index (κ1) is 29.5. The molecule has 1 amide bonds. The van der Waals surface area contributed by atoms with Crippen LogP contribution in [0.3, 0.4) is 0 Å². The van der Waals surface area contributed by atoms with Crippen LogP contribution in [-0.2, 0) is 4.79 Å². The van der Waals surface area contributed by atoms with Crippen molar-refractivity contribution < 1.29 is 13.9 Å². The van der Waals surface area contributed by atoms with Crippen molar-refractivity contribution in [1.29, 1.82) is 0 Å². The average molecular weight is 619 g/mol. The summed E-state index contributed by atoms with van der Waals surface area (Å²) in [6.45, 7) is 1.17. The summed E-state index contributed by atoms with van der Waals surface area (Å²) in [4.78, 5) is 32.1. The molecule has 1 aromatic carbocycles. The second-order valence-corrected chi connectivity index (χ2v) is 12.1. The molecule has 46 heavy (non-hydrogen) atoms. The van der Waals surface area contributed by atoms with Crippen LogP contribution in [0.15, 0.2) is 67.1 Å². The molecule has 234 valence electrons. The minimum Gasteiger partial charge on any atom is -0.492 e. The van der Waals surface area contributed by atoms with E-state index < -0.39 is 0 Å². The van der Waals surface area contributed by atoms with Crippen LogP contribution in [0.5, 0.6) is 5.75 Å². The van der Waals surface area contributed by atoms with Gasteiger partial charge in [0, 0.05) is 41.9 Å². The molecule has 0 saturated heterocycles. The Bertz CT molecular complexity index is 2030. The average Bonchev–Trinajstić information content (AvgIpc) is 3.69. The Kier molecular flexibility index (Phi) is 8.15. The van der Waals surface area contributed by atoms with Crippen LogP contribution in [0.4, 0.5) is 10.1 Å². The van der Waals surface area contributed by atoms with E-state index >= 15 is 0 Å². The summed E-state index contributed by atoms with van der Waals surface area (Å²) in [5.41, 5.74) is 7.07. The first-order chi connectivity index (χ1) is 22.4. The number of hydrogen-bond acceptors (Lipinski definition) is 7. The monoisotopic (exact) mass is 618 g/mol. The SMILES string of the molecule is CN(C)CCOc1cc(F)cc(-c2ccnc3[nH]c(-c4n[nH]c5ccc(-c6cncc(NC(=O)C7CCCCC7)c6)nc45)cc23)c1. The zero-order chi connectivity index (χ0) is 31.6. The minimum absolute atomic E-state index is 0.0519. The Hall–Kier alpha value is -5.16. The van der Waals surface area contributed by atoms with Crippen LogP contribution in [0.1, 0.15) is 32.1 Å². The predicted octanol–water partition coefficient (Wildman–Crippen LogP) is 6.83. The summed E-state index contributed by atoms with van der Waals surface area (Å²) < 4.78 is 20.5. The van der Waals surface area contributed by atoms with Gasteiger partial charge in [-0.25, -0.2) is 14.4 Å². The van der Waals surface area contributed by atoms with Crippen molar-refractivity contribution in [2.45, 2.75) is 32.1 Å². The maximum Gasteiger partial charge on any atom is 0.227 e. The Morgan fingerprint density at radius 3 is 2.76 bits per heavy atom. The third-order valence-corrected chi connectivity index (χ3v) is 8.46. The van der Waals surface area contributed by atoms with Crippen LogP contribution in [0.25, 0.3) is 55.8 Å². The molecule has 1 aliphatic carbocycles. The van der Waals surface area contributed by atoms with Crippen molar-refractivity contribution in [3.8, 4) is 39.5 Å². The van der Waals surface area contributed by atoms with Gasteiger partial charge in [0.25, 0.3) is 0 Å². The number of amides is 1. The largest absolute Gasteiger partial charge is 0.492 e. The van der Waals surface area contributed by atoms with E-state index in [1.807, 2.05) is 55.4 Å². The number of nitrogens with one attached hydrogen (secondary N) is 3. The summed E-state index contributed by atoms with van der Waals surface area (Å²) in [6.07, 6.45) is 10.3. The number of carbonyl (C=O) groups is 1. The number of pyridine rings is 3. The first-order valence-electron chi connectivity index (χ1n) is 15.6. The van der Waals surface area contributed by atoms with Gasteiger partial charge in [0.2, 0.25) is 5.91 Å². The number of rotatable bonds is 9. The lowest BCUT2D eigenvalue weighted by Crippen LogP contribution is -2.24. The second kappa shape index (κ2) is 12.7. The van der Waals surface area contributed by atoms with Crippen molar-refractivity contribution in [2.75, 3.05) is 32.6 Å². The molecule has 11 heteroatoms. The van der Waals surface area contributed by atoms with Crippen molar-refractivity contribution in [1.82, 2.24) is 35.0 Å². The maximum absolute atomic E-state index is 14.7. The van der Waals surface area contributed by atoms with E-state index in [1.54, 1.807) is 18.6 Å². The van der Waals surface area contributed by atoms with Gasteiger partial charge in [-0.3, -0.25) is 14.9 Å². The molecule has 3 N–H and O–H groups in total. The standard InChI is InChI=1S/C35H35FN8O2/c1-44(2)12-13-46-26-16-22(14-24(36)17-26)27-10-11-38-34-28(27)18-31(41-34)33-32-30(42-43-33)9-8-29(40-32)23-15-25(20-37-19-23)39-35(45)21-6-4-3-5-7-21/h8-11,14-21H,3-7,12-13H2,1-2H3,(H,38,41)(H,39,45)(H,42,43). The highest BCUT2D eigenvalue weighted by Gasteiger charge is 2.22. The predicted molar refractivity (Wildman–Crippen MR) is 177 cm³/mol. The summed E-state index contributed by atoms with van der Waals surface area (Å²) in [6, 6.07) is 14.3. The maximum atomic E-state index is 14.7. The fraction of sp³-hybridized carbons (Fsp3) is 0.286. The molecule has 0 radical (unpaired) electrons. The molecule has 5 aromatic heterocycles. The number of benzene rings is 1. The molecule has 1 fully saturated rings. The van der Waals surface area contributed by atoms with Gasteiger partial charge in [-0.2, -0.15) is 5.10 Å². The van der Waals surface area contributed by atoms with E-state index in [-0.39, 0.29) is 17.6 Å². The highest BCUT2D eigenvalue weighted by atomic mass is 19.1. The van der Waals surface area contributed by atoms with Crippen LogP contribution in [-0.4, -0.2) is 68.2 Å². The Labute approximate surface area is 265 Å². The Morgan fingerprint density at radius 1 is 1.04 bits per heavy atom. The molecule has 7 rings (SSSR count). The number of hydrogen-bond donors (Lipinski definition) is 3. The number of halogens is 1. The number of aromatic amines is 2. The number of ether oxygens (including phenoxy) is 1. The number of aromatic nitrogens is 6. The third kappa shape index (κ3) is 6.18. The van der Waals surface area contributed by atoms with E-state index in [9.17, 15) is 9.18 Å². The summed E-state index contributed by atoms with van der Waals surface area (Å²) >= 11 is 0. The number of anilines is 1. The molecule has 6 aromatic rings. The van der Waals surface area contributed by atoms with Gasteiger partial charge >= 0.3 is 0 Å². The zero-order valence-electron chi connectivity index (χ0n) is 25.8. The molecule has 0 unspecified atom stereocenters. The molecule has 1 aliphatic rings. The van der Waals surface area contributed by atoms with Gasteiger partial charge in [-0.15, -0.1) is 0 Å². The molecule has 0 aliphatic heterocycles. The lowest BCUT2D eigenvalue weighted by Gasteiger charge is -2.20. The summed E-state index contributed by atoms with van der Waals surface area (Å²) in [7, 11) is 3.93. The minimum atomic E-state index is -0.375. The van der Waals surface area contributed by atoms with E-state index in [4.69, 9.17) is 9.72 Å². The molecule has 1 saturated carbocycles. The molecular formula is C35H35FN8O2. The Balaban J connectivity index is 1.19. The second-order valence-electron chi connectivity index (χ2n) is 12.1. The number of H-pyrrole nitrogens is 2. The fourth-order valence-electron chi connectivity index (χ4n) is 6.06. The first-order valence-corrected chi connectivity index (χ1v) is 15.6. The molecule has 10 nitrogen and oxygen atoms in total. The number of likely N-dealkylation sites (N-methyl/N-ethyl adjacent to an activating group) is 1. The van der Waals surface area contributed by atoms with Crippen LogP contribution in [0.2, 0.25) is 0 Å². The van der Waals surface area contributed by atoms with Gasteiger partial charge in [0.05, 0.1) is 28.8 Å². The van der Waals surface area contributed by atoms with Gasteiger partial charge in [-0.1, -0.05) is 19.3 Å². The quantitative estimate of drug-likeness (QED) is 0.162. The number of fused-ring (bicyclic) bond motifs is 2. The van der Waals surface area contributed by atoms with Gasteiger partial charge < -0.3 is 19.9 Å². The number of nitrogens with zero attached hydrogens (tertiary/aromatic N) is 5. The smallest absolute Gasteiger partial charge is 0.227 e. The fourth-order valence-corrected chi connectivity index (χ4v) is 6.06. The lowest BCUT2D eigenvalue weighted by molar-refractivity contribution is -0.120. The molecule has 0 bridgehead atoms. The van der Waals surface area contributed by atoms with E-state index in [1.165, 1.54) is 18.6 Å². The third-order valence-electron chi connectivity index (χ3n) is 8.46. The molecule has 0 spiro atoms. The van der Waals surface area contributed by atoms with Crippen LogP contribution in [0, 0.1) is 11.7 Å². The van der Waals surface area contributed by atoms with Crippen molar-refractivity contribution >= 4 is 33.7 Å². The Morgan fingerprint density at radius 2 is 1.91 bits per heavy atom. The zero-order valence-corrected chi connectivity index (χ0v) is 25.8. The highest BCUT2D eigenvalue weighted by molar-refractivity contribution is 5.99. The van der Waals surface area contributed by atoms with Gasteiger partial charge in [0.15, 0.2) is 0 Å². The van der Waals surface area contributed by atoms with Gasteiger partial charge in [0.1, 0.15) is 35.0 Å². The van der Waals surface area contributed by atoms with Crippen molar-refractivity contribution in [3.63, 3.8) is 0 Å². The van der Waals surface area contributed by atoms with E-state index in [2.05, 4.69) is 30.5 Å². The van der Waals surface area contributed by atoms with E-state index in [0.717, 1.165) is 60.0 Å². The van der Waals surface area contributed by atoms with Crippen molar-refractivity contribution in [2.24, 2.45) is 5.92 Å². The summed E-state index contributed by atoms with van der Waals surface area (Å²) in [5, 5.41) is 11.5. The topological polar surface area (TPSA) is 125 Å².